The third-order valence-corrected chi connectivity index (χ3v) is 2.89. The average molecular weight is 271 g/mol. The Balaban J connectivity index is 2.45. The van der Waals surface area contributed by atoms with Crippen molar-refractivity contribution >= 4 is 40.3 Å². The highest BCUT2D eigenvalue weighted by Crippen LogP contribution is 2.34. The molecule has 0 aliphatic rings. The summed E-state index contributed by atoms with van der Waals surface area (Å²) in [6.45, 7) is 0. The molecular weight excluding hydrogens is 262 g/mol. The smallest absolute Gasteiger partial charge is 0.148 e. The maximum atomic E-state index is 13.6. The van der Waals surface area contributed by atoms with Crippen molar-refractivity contribution in [2.45, 2.75) is 0 Å². The van der Waals surface area contributed by atoms with Crippen molar-refractivity contribution in [1.29, 1.82) is 0 Å². The van der Waals surface area contributed by atoms with Gasteiger partial charge in [-0.3, -0.25) is 0 Å². The van der Waals surface area contributed by atoms with E-state index in [9.17, 15) is 4.39 Å². The number of nitrogens with one attached hydrogen (secondary N) is 1. The second kappa shape index (κ2) is 4.82. The van der Waals surface area contributed by atoms with E-state index in [4.69, 9.17) is 28.9 Å². The van der Waals surface area contributed by atoms with Gasteiger partial charge in [0.2, 0.25) is 0 Å². The number of anilines is 3. The van der Waals surface area contributed by atoms with Crippen LogP contribution in [0.4, 0.5) is 21.5 Å². The number of halogens is 3. The molecule has 0 unspecified atom stereocenters. The summed E-state index contributed by atoms with van der Waals surface area (Å²) in [6, 6.07) is 9.46. The fraction of sp³-hybridized carbons (Fsp3) is 0. The lowest BCUT2D eigenvalue weighted by molar-refractivity contribution is 0.632. The van der Waals surface area contributed by atoms with Crippen LogP contribution in [0.5, 0.6) is 0 Å². The summed E-state index contributed by atoms with van der Waals surface area (Å²) >= 11 is 11.9. The van der Waals surface area contributed by atoms with E-state index in [1.807, 2.05) is 0 Å². The number of hydrogen-bond donors (Lipinski definition) is 2. The first-order valence-corrected chi connectivity index (χ1v) is 5.60. The molecular formula is C12H9Cl2FN2. The number of nitrogen functional groups attached to an aromatic ring is 1. The van der Waals surface area contributed by atoms with E-state index in [1.165, 1.54) is 12.1 Å². The van der Waals surface area contributed by atoms with Crippen LogP contribution in [0.2, 0.25) is 10.0 Å². The molecule has 0 spiro atoms. The lowest BCUT2D eigenvalue weighted by Crippen LogP contribution is -1.99. The maximum Gasteiger partial charge on any atom is 0.148 e. The SMILES string of the molecule is Nc1cccc(Cl)c1Nc1c(F)cccc1Cl. The van der Waals surface area contributed by atoms with Gasteiger partial charge in [0, 0.05) is 0 Å². The zero-order valence-electron chi connectivity index (χ0n) is 8.68. The number of nitrogens with two attached hydrogens (primary N) is 1. The molecule has 2 rings (SSSR count). The van der Waals surface area contributed by atoms with Crippen LogP contribution in [-0.4, -0.2) is 0 Å². The van der Waals surface area contributed by atoms with Gasteiger partial charge in [-0.25, -0.2) is 4.39 Å². The molecule has 2 aromatic carbocycles. The van der Waals surface area contributed by atoms with Crippen LogP contribution < -0.4 is 11.1 Å². The van der Waals surface area contributed by atoms with Crippen LogP contribution in [0.15, 0.2) is 36.4 Å². The van der Waals surface area contributed by atoms with Gasteiger partial charge in [-0.15, -0.1) is 0 Å². The van der Waals surface area contributed by atoms with Crippen LogP contribution in [0.1, 0.15) is 0 Å². The topological polar surface area (TPSA) is 38.0 Å². The highest BCUT2D eigenvalue weighted by atomic mass is 35.5. The van der Waals surface area contributed by atoms with Gasteiger partial charge in [-0.2, -0.15) is 0 Å². The highest BCUT2D eigenvalue weighted by molar-refractivity contribution is 6.35. The Morgan fingerprint density at radius 2 is 1.53 bits per heavy atom. The predicted molar refractivity (Wildman–Crippen MR) is 70.6 cm³/mol. The number of benzene rings is 2. The first-order chi connectivity index (χ1) is 8.09. The largest absolute Gasteiger partial charge is 0.397 e. The molecule has 0 saturated heterocycles. The van der Waals surface area contributed by atoms with Gasteiger partial charge >= 0.3 is 0 Å². The summed E-state index contributed by atoms with van der Waals surface area (Å²) in [6.07, 6.45) is 0. The Hall–Kier alpha value is -1.45. The Bertz CT molecular complexity index is 468. The van der Waals surface area contributed by atoms with Gasteiger partial charge in [-0.05, 0) is 24.3 Å². The summed E-state index contributed by atoms with van der Waals surface area (Å²) in [4.78, 5) is 0. The van der Waals surface area contributed by atoms with Crippen LogP contribution in [0, 0.1) is 5.82 Å². The quantitative estimate of drug-likeness (QED) is 0.791. The number of hydrogen-bond acceptors (Lipinski definition) is 2. The summed E-state index contributed by atoms with van der Waals surface area (Å²) in [5.41, 5.74) is 6.79. The number of para-hydroxylation sites is 2. The molecule has 0 radical (unpaired) electrons. The molecule has 88 valence electrons. The molecule has 2 nitrogen and oxygen atoms in total. The normalized spacial score (nSPS) is 10.3. The zero-order valence-corrected chi connectivity index (χ0v) is 10.2. The number of rotatable bonds is 2. The molecule has 3 N–H and O–H groups in total. The minimum Gasteiger partial charge on any atom is -0.397 e. The van der Waals surface area contributed by atoms with Gasteiger partial charge in [0.25, 0.3) is 0 Å². The predicted octanol–water partition coefficient (Wildman–Crippen LogP) is 4.46. The second-order valence-corrected chi connectivity index (χ2v) is 4.24. The third kappa shape index (κ3) is 2.46. The van der Waals surface area contributed by atoms with Crippen molar-refractivity contribution in [3.05, 3.63) is 52.3 Å². The molecule has 2 aromatic rings. The Labute approximate surface area is 108 Å². The molecule has 0 aliphatic heterocycles. The molecule has 0 aromatic heterocycles. The van der Waals surface area contributed by atoms with Crippen molar-refractivity contribution in [2.75, 3.05) is 11.1 Å². The summed E-state index contributed by atoms with van der Waals surface area (Å²) < 4.78 is 13.6. The third-order valence-electron chi connectivity index (χ3n) is 2.26. The van der Waals surface area contributed by atoms with E-state index in [-0.39, 0.29) is 10.7 Å². The van der Waals surface area contributed by atoms with Gasteiger partial charge < -0.3 is 11.1 Å². The van der Waals surface area contributed by atoms with E-state index in [0.29, 0.717) is 16.4 Å². The molecule has 0 bridgehead atoms. The van der Waals surface area contributed by atoms with Crippen molar-refractivity contribution < 1.29 is 4.39 Å². The monoisotopic (exact) mass is 270 g/mol. The van der Waals surface area contributed by atoms with Gasteiger partial charge in [0.05, 0.1) is 27.1 Å². The van der Waals surface area contributed by atoms with E-state index < -0.39 is 5.82 Å². The summed E-state index contributed by atoms with van der Waals surface area (Å²) in [5, 5.41) is 3.49. The van der Waals surface area contributed by atoms with Gasteiger partial charge in [0.1, 0.15) is 5.82 Å². The lowest BCUT2D eigenvalue weighted by Gasteiger charge is -2.12. The Morgan fingerprint density at radius 3 is 2.12 bits per heavy atom. The molecule has 17 heavy (non-hydrogen) atoms. The van der Waals surface area contributed by atoms with E-state index in [1.54, 1.807) is 24.3 Å². The molecule has 0 fully saturated rings. The maximum absolute atomic E-state index is 13.6. The molecule has 0 amide bonds. The average Bonchev–Trinajstić information content (AvgIpc) is 2.27. The second-order valence-electron chi connectivity index (χ2n) is 3.43. The first-order valence-electron chi connectivity index (χ1n) is 4.84. The lowest BCUT2D eigenvalue weighted by atomic mass is 10.2. The first kappa shape index (κ1) is 12.0. The van der Waals surface area contributed by atoms with Gasteiger partial charge in [0.15, 0.2) is 0 Å². The van der Waals surface area contributed by atoms with Crippen molar-refractivity contribution in [2.24, 2.45) is 0 Å². The Kier molecular flexibility index (Phi) is 3.41. The minimum absolute atomic E-state index is 0.161. The minimum atomic E-state index is -0.461. The van der Waals surface area contributed by atoms with E-state index >= 15 is 0 Å². The van der Waals surface area contributed by atoms with Crippen LogP contribution in [0.25, 0.3) is 0 Å². The van der Waals surface area contributed by atoms with Crippen LogP contribution in [-0.2, 0) is 0 Å². The van der Waals surface area contributed by atoms with Crippen molar-refractivity contribution in [3.8, 4) is 0 Å². The molecule has 0 atom stereocenters. The van der Waals surface area contributed by atoms with Crippen molar-refractivity contribution in [1.82, 2.24) is 0 Å². The Morgan fingerprint density at radius 1 is 0.941 bits per heavy atom. The van der Waals surface area contributed by atoms with E-state index in [2.05, 4.69) is 5.32 Å². The fourth-order valence-electron chi connectivity index (χ4n) is 1.41. The molecule has 0 aliphatic carbocycles. The standard InChI is InChI=1S/C12H9Cl2FN2/c13-7-3-1-5-9(15)11(7)17-12-8(14)4-2-6-10(12)16/h1-6,17H,16H2. The molecule has 5 heteroatoms. The summed E-state index contributed by atoms with van der Waals surface area (Å²) in [5.74, 6) is -0.461. The fourth-order valence-corrected chi connectivity index (χ4v) is 1.85. The van der Waals surface area contributed by atoms with Gasteiger partial charge in [-0.1, -0.05) is 35.3 Å². The van der Waals surface area contributed by atoms with E-state index in [0.717, 1.165) is 0 Å². The zero-order chi connectivity index (χ0) is 12.4. The molecule has 0 saturated carbocycles. The summed E-state index contributed by atoms with van der Waals surface area (Å²) in [7, 11) is 0. The van der Waals surface area contributed by atoms with Crippen LogP contribution in [0.3, 0.4) is 0 Å². The molecule has 0 heterocycles. The van der Waals surface area contributed by atoms with Crippen LogP contribution >= 0.6 is 23.2 Å². The highest BCUT2D eigenvalue weighted by Gasteiger charge is 2.10. The van der Waals surface area contributed by atoms with Crippen molar-refractivity contribution in [3.63, 3.8) is 0 Å².